The fourth-order valence-electron chi connectivity index (χ4n) is 6.72. The van der Waals surface area contributed by atoms with Crippen molar-refractivity contribution in [3.05, 3.63) is 164 Å². The van der Waals surface area contributed by atoms with Crippen LogP contribution in [0.3, 0.4) is 0 Å². The van der Waals surface area contributed by atoms with Gasteiger partial charge in [-0.15, -0.1) is 0 Å². The van der Waals surface area contributed by atoms with Gasteiger partial charge in [-0.25, -0.2) is 0 Å². The molecule has 7 rings (SSSR count). The molecule has 0 radical (unpaired) electrons. The third-order valence-corrected chi connectivity index (χ3v) is 14.6. The van der Waals surface area contributed by atoms with Crippen LogP contribution >= 0.6 is 0 Å². The molecule has 1 heterocycles. The van der Waals surface area contributed by atoms with Crippen molar-refractivity contribution in [1.82, 2.24) is 0 Å². The number of hydrogen-bond acceptors (Lipinski definition) is 2. The molecule has 0 N–H and O–H groups in total. The molecule has 0 saturated carbocycles. The Hall–Kier alpha value is -4.48. The molecule has 1 saturated heterocycles. The van der Waals surface area contributed by atoms with Gasteiger partial charge in [0.2, 0.25) is 0 Å². The van der Waals surface area contributed by atoms with E-state index < -0.39 is 15.2 Å². The van der Waals surface area contributed by atoms with Crippen LogP contribution in [0.5, 0.6) is 0 Å². The lowest BCUT2D eigenvalue weighted by Crippen LogP contribution is -2.74. The van der Waals surface area contributed by atoms with Crippen molar-refractivity contribution in [1.29, 1.82) is 0 Å². The summed E-state index contributed by atoms with van der Waals surface area (Å²) in [6.07, 6.45) is 0. The van der Waals surface area contributed by atoms with E-state index >= 15 is 0 Å². The van der Waals surface area contributed by atoms with E-state index in [0.717, 1.165) is 11.0 Å². The Balaban J connectivity index is 1.32. The lowest BCUT2D eigenvalue weighted by atomic mass is 9.78. The van der Waals surface area contributed by atoms with Crippen LogP contribution in [-0.4, -0.2) is 26.4 Å². The predicted octanol–water partition coefficient (Wildman–Crippen LogP) is 6.70. The molecule has 46 heavy (non-hydrogen) atoms. The van der Waals surface area contributed by atoms with Gasteiger partial charge < -0.3 is 9.31 Å². The molecule has 2 nitrogen and oxygen atoms in total. The molecule has 0 unspecified atom stereocenters. The van der Waals surface area contributed by atoms with Crippen molar-refractivity contribution >= 4 is 41.4 Å². The molecule has 0 spiro atoms. The zero-order chi connectivity index (χ0) is 31.8. The van der Waals surface area contributed by atoms with Crippen molar-refractivity contribution in [2.45, 2.75) is 38.9 Å². The Morgan fingerprint density at radius 1 is 0.391 bits per heavy atom. The predicted molar refractivity (Wildman–Crippen MR) is 197 cm³/mol. The van der Waals surface area contributed by atoms with Gasteiger partial charge in [0.25, 0.3) is 0 Å². The fraction of sp³-hybridized carbons (Fsp3) is 0.143. The number of rotatable bonds is 7. The lowest BCUT2D eigenvalue weighted by molar-refractivity contribution is 0.00578. The van der Waals surface area contributed by atoms with Crippen LogP contribution in [0.4, 0.5) is 0 Å². The largest absolute Gasteiger partial charge is 0.494 e. The topological polar surface area (TPSA) is 18.5 Å². The molecule has 4 heteroatoms. The summed E-state index contributed by atoms with van der Waals surface area (Å²) >= 11 is 0. The zero-order valence-electron chi connectivity index (χ0n) is 27.0. The van der Waals surface area contributed by atoms with Crippen LogP contribution < -0.4 is 26.2 Å². The van der Waals surface area contributed by atoms with Crippen LogP contribution in [-0.2, 0) is 9.31 Å². The lowest BCUT2D eigenvalue weighted by Gasteiger charge is -2.34. The maximum absolute atomic E-state index is 6.37. The molecule has 1 aliphatic rings. The highest BCUT2D eigenvalue weighted by molar-refractivity contribution is 7.19. The van der Waals surface area contributed by atoms with E-state index in [1.165, 1.54) is 37.4 Å². The van der Waals surface area contributed by atoms with Crippen molar-refractivity contribution < 1.29 is 9.31 Å². The van der Waals surface area contributed by atoms with E-state index in [1.807, 2.05) is 0 Å². The minimum absolute atomic E-state index is 0.379. The molecule has 0 aromatic heterocycles. The molecule has 1 aliphatic heterocycles. The molecule has 226 valence electrons. The third kappa shape index (κ3) is 5.37. The second-order valence-electron chi connectivity index (χ2n) is 13.2. The number of hydrogen-bond donors (Lipinski definition) is 0. The van der Waals surface area contributed by atoms with E-state index in [4.69, 9.17) is 9.31 Å². The van der Waals surface area contributed by atoms with Gasteiger partial charge in [-0.3, -0.25) is 0 Å². The number of benzene rings is 6. The smallest absolute Gasteiger partial charge is 0.399 e. The molecule has 1 fully saturated rings. The standard InChI is InChI=1S/C42H39BO2Si/c1-41(2)42(3,4)45-43(44-41)36-21-15-19-34(30-36)32-17-14-18-33(29-32)35-20-16-28-40(31-35)46(37-22-8-5-9-23-37,38-24-10-6-11-25-38)39-26-12-7-13-27-39/h5-31H,1-4H3. The average molecular weight is 615 g/mol. The first-order chi connectivity index (χ1) is 22.3. The van der Waals surface area contributed by atoms with Crippen molar-refractivity contribution in [3.8, 4) is 22.3 Å². The molecule has 0 aliphatic carbocycles. The van der Waals surface area contributed by atoms with Crippen LogP contribution in [0.15, 0.2) is 164 Å². The Bertz CT molecular complexity index is 1840. The Morgan fingerprint density at radius 3 is 1.24 bits per heavy atom. The Morgan fingerprint density at radius 2 is 0.761 bits per heavy atom. The zero-order valence-corrected chi connectivity index (χ0v) is 28.0. The van der Waals surface area contributed by atoms with Gasteiger partial charge in [-0.1, -0.05) is 158 Å². The summed E-state index contributed by atoms with van der Waals surface area (Å²) in [5.41, 5.74) is 4.99. The van der Waals surface area contributed by atoms with Crippen LogP contribution in [0, 0.1) is 0 Å². The van der Waals surface area contributed by atoms with E-state index in [9.17, 15) is 0 Å². The average Bonchev–Trinajstić information content (AvgIpc) is 3.33. The highest BCUT2D eigenvalue weighted by atomic mass is 28.3. The summed E-state index contributed by atoms with van der Waals surface area (Å²) in [5.74, 6) is 0. The monoisotopic (exact) mass is 614 g/mol. The van der Waals surface area contributed by atoms with E-state index in [1.54, 1.807) is 0 Å². The fourth-order valence-corrected chi connectivity index (χ4v) is 11.5. The summed E-state index contributed by atoms with van der Waals surface area (Å²) in [7, 11) is -3.01. The quantitative estimate of drug-likeness (QED) is 0.147. The van der Waals surface area contributed by atoms with Gasteiger partial charge in [-0.05, 0) is 82.2 Å². The van der Waals surface area contributed by atoms with Gasteiger partial charge in [0, 0.05) is 0 Å². The Labute approximate surface area is 274 Å². The van der Waals surface area contributed by atoms with Crippen LogP contribution in [0.25, 0.3) is 22.3 Å². The second-order valence-corrected chi connectivity index (χ2v) is 17.0. The van der Waals surface area contributed by atoms with Gasteiger partial charge in [0.1, 0.15) is 0 Å². The summed E-state index contributed by atoms with van der Waals surface area (Å²) in [4.78, 5) is 0. The normalized spacial score (nSPS) is 15.5. The molecule has 6 aromatic rings. The Kier molecular flexibility index (Phi) is 7.90. The van der Waals surface area contributed by atoms with Gasteiger partial charge in [0.15, 0.2) is 8.07 Å². The van der Waals surface area contributed by atoms with Gasteiger partial charge >= 0.3 is 7.12 Å². The molecular formula is C42H39BO2Si. The van der Waals surface area contributed by atoms with Crippen molar-refractivity contribution in [2.75, 3.05) is 0 Å². The van der Waals surface area contributed by atoms with E-state index in [0.29, 0.717) is 0 Å². The first kappa shape index (κ1) is 30.2. The minimum Gasteiger partial charge on any atom is -0.399 e. The molecule has 0 atom stereocenters. The van der Waals surface area contributed by atoms with E-state index in [2.05, 4.69) is 191 Å². The highest BCUT2D eigenvalue weighted by Gasteiger charge is 2.51. The van der Waals surface area contributed by atoms with Crippen molar-refractivity contribution in [2.24, 2.45) is 0 Å². The highest BCUT2D eigenvalue weighted by Crippen LogP contribution is 2.37. The van der Waals surface area contributed by atoms with Gasteiger partial charge in [0.05, 0.1) is 11.2 Å². The first-order valence-corrected chi connectivity index (χ1v) is 18.1. The van der Waals surface area contributed by atoms with Crippen LogP contribution in [0.1, 0.15) is 27.7 Å². The molecule has 0 amide bonds. The second kappa shape index (κ2) is 12.0. The van der Waals surface area contributed by atoms with Gasteiger partial charge in [-0.2, -0.15) is 0 Å². The maximum Gasteiger partial charge on any atom is 0.494 e. The third-order valence-electron chi connectivity index (χ3n) is 9.86. The molecular weight excluding hydrogens is 575 g/mol. The minimum atomic E-state index is -2.62. The van der Waals surface area contributed by atoms with E-state index in [-0.39, 0.29) is 11.2 Å². The molecule has 6 aromatic carbocycles. The maximum atomic E-state index is 6.37. The first-order valence-electron chi connectivity index (χ1n) is 16.1. The summed E-state index contributed by atoms with van der Waals surface area (Å²) in [5, 5.41) is 5.48. The summed E-state index contributed by atoms with van der Waals surface area (Å²) in [6, 6.07) is 59.9. The van der Waals surface area contributed by atoms with Crippen molar-refractivity contribution in [3.63, 3.8) is 0 Å². The SMILES string of the molecule is CC1(C)OB(c2cccc(-c3cccc(-c4cccc([Si](c5ccccc5)(c5ccccc5)c5ccccc5)c4)c3)c2)OC1(C)C. The summed E-state index contributed by atoms with van der Waals surface area (Å²) in [6.45, 7) is 8.39. The molecule has 0 bridgehead atoms. The van der Waals surface area contributed by atoms with Crippen LogP contribution in [0.2, 0.25) is 0 Å². The summed E-state index contributed by atoms with van der Waals surface area (Å²) < 4.78 is 12.7.